The summed E-state index contributed by atoms with van der Waals surface area (Å²) in [4.78, 5) is 43.7. The molecule has 1 fully saturated rings. The number of nitrogens with zero attached hydrogens (tertiary/aromatic N) is 1. The van der Waals surface area contributed by atoms with E-state index < -0.39 is 17.5 Å². The van der Waals surface area contributed by atoms with Crippen molar-refractivity contribution in [3.8, 4) is 0 Å². The van der Waals surface area contributed by atoms with Crippen LogP contribution in [-0.4, -0.2) is 54.3 Å². The van der Waals surface area contributed by atoms with Gasteiger partial charge in [-0.15, -0.1) is 23.7 Å². The minimum absolute atomic E-state index is 0. The van der Waals surface area contributed by atoms with Gasteiger partial charge in [0.15, 0.2) is 0 Å². The molecule has 1 aliphatic rings. The van der Waals surface area contributed by atoms with Crippen LogP contribution in [0, 0.1) is 5.41 Å². The van der Waals surface area contributed by atoms with Crippen molar-refractivity contribution in [3.05, 3.63) is 70.4 Å². The van der Waals surface area contributed by atoms with E-state index in [0.717, 1.165) is 48.8 Å². The van der Waals surface area contributed by atoms with Crippen LogP contribution in [0.3, 0.4) is 0 Å². The maximum Gasteiger partial charge on any atom is 0.247 e. The second-order valence-electron chi connectivity index (χ2n) is 11.2. The van der Waals surface area contributed by atoms with Gasteiger partial charge in [-0.1, -0.05) is 69.3 Å². The van der Waals surface area contributed by atoms with E-state index in [9.17, 15) is 14.4 Å². The number of halogens is 1. The maximum absolute atomic E-state index is 13.8. The first-order chi connectivity index (χ1) is 18.7. The van der Waals surface area contributed by atoms with Gasteiger partial charge in [0, 0.05) is 29.8 Å². The molecule has 2 atom stereocenters. The molecule has 0 spiro atoms. The number of amides is 3. The normalized spacial score (nSPS) is 15.8. The lowest BCUT2D eigenvalue weighted by molar-refractivity contribution is -0.157. The molecule has 2 aromatic carbocycles. The molecular weight excluding hydrogens is 544 g/mol. The van der Waals surface area contributed by atoms with Crippen molar-refractivity contribution >= 4 is 52.2 Å². The van der Waals surface area contributed by atoms with Crippen LogP contribution in [0.15, 0.2) is 60.0 Å². The second-order valence-corrected chi connectivity index (χ2v) is 12.2. The predicted molar refractivity (Wildman–Crippen MR) is 165 cm³/mol. The highest BCUT2D eigenvalue weighted by Gasteiger charge is 2.42. The largest absolute Gasteiger partial charge is 0.354 e. The van der Waals surface area contributed by atoms with Crippen molar-refractivity contribution in [1.29, 1.82) is 0 Å². The van der Waals surface area contributed by atoms with Gasteiger partial charge in [-0.25, -0.2) is 0 Å². The Balaban J connectivity index is 0.00000441. The van der Waals surface area contributed by atoms with E-state index in [1.165, 1.54) is 9.78 Å². The first-order valence-electron chi connectivity index (χ1n) is 13.8. The van der Waals surface area contributed by atoms with Gasteiger partial charge >= 0.3 is 0 Å². The number of hydrogen-bond donors (Lipinski definition) is 3. The first-order valence-corrected chi connectivity index (χ1v) is 14.7. The SMILES string of the molecule is CC(C)(C)C(=O)N(C(=O)[C@@H]1CCCN1)[C@H](Cc1ccc2ccccc2c1)C(=O)NCCCNCc1cccs1.Cl. The van der Waals surface area contributed by atoms with Gasteiger partial charge in [0.2, 0.25) is 17.7 Å². The molecule has 3 aromatic rings. The molecule has 3 amide bonds. The highest BCUT2D eigenvalue weighted by atomic mass is 35.5. The summed E-state index contributed by atoms with van der Waals surface area (Å²) in [5.41, 5.74) is 0.0902. The van der Waals surface area contributed by atoms with Crippen LogP contribution in [0.25, 0.3) is 10.8 Å². The van der Waals surface area contributed by atoms with Gasteiger partial charge in [0.25, 0.3) is 0 Å². The first kappa shape index (κ1) is 31.7. The van der Waals surface area contributed by atoms with E-state index in [4.69, 9.17) is 0 Å². The molecule has 0 radical (unpaired) electrons. The third-order valence-corrected chi connectivity index (χ3v) is 7.90. The third kappa shape index (κ3) is 8.36. The fourth-order valence-corrected chi connectivity index (χ4v) is 5.55. The number of thiophene rings is 1. The van der Waals surface area contributed by atoms with Crippen molar-refractivity contribution in [1.82, 2.24) is 20.9 Å². The Labute approximate surface area is 247 Å². The summed E-state index contributed by atoms with van der Waals surface area (Å²) in [5, 5.41) is 13.9. The van der Waals surface area contributed by atoms with Crippen LogP contribution in [0.2, 0.25) is 0 Å². The summed E-state index contributed by atoms with van der Waals surface area (Å²) < 4.78 is 0. The van der Waals surface area contributed by atoms with Crippen molar-refractivity contribution in [2.24, 2.45) is 5.41 Å². The minimum Gasteiger partial charge on any atom is -0.354 e. The topological polar surface area (TPSA) is 90.5 Å². The lowest BCUT2D eigenvalue weighted by atomic mass is 9.91. The zero-order valence-electron chi connectivity index (χ0n) is 23.6. The Kier molecular flexibility index (Phi) is 11.7. The third-order valence-electron chi connectivity index (χ3n) is 7.02. The molecule has 7 nitrogen and oxygen atoms in total. The molecule has 0 aliphatic carbocycles. The zero-order valence-corrected chi connectivity index (χ0v) is 25.2. The highest BCUT2D eigenvalue weighted by molar-refractivity contribution is 7.09. The van der Waals surface area contributed by atoms with Gasteiger partial charge in [-0.3, -0.25) is 19.3 Å². The van der Waals surface area contributed by atoms with Gasteiger partial charge in [-0.2, -0.15) is 0 Å². The Morgan fingerprint density at radius 2 is 1.82 bits per heavy atom. The van der Waals surface area contributed by atoms with E-state index in [1.54, 1.807) is 32.1 Å². The quantitative estimate of drug-likeness (QED) is 0.285. The fourth-order valence-electron chi connectivity index (χ4n) is 4.88. The second kappa shape index (κ2) is 14.7. The summed E-state index contributed by atoms with van der Waals surface area (Å²) in [7, 11) is 0. The molecule has 3 N–H and O–H groups in total. The molecule has 9 heteroatoms. The van der Waals surface area contributed by atoms with E-state index in [2.05, 4.69) is 27.4 Å². The van der Waals surface area contributed by atoms with E-state index in [-0.39, 0.29) is 36.5 Å². The average molecular weight is 585 g/mol. The number of carbonyl (C=O) groups excluding carboxylic acids is 3. The maximum atomic E-state index is 13.8. The monoisotopic (exact) mass is 584 g/mol. The number of nitrogens with one attached hydrogen (secondary N) is 3. The minimum atomic E-state index is -0.938. The number of hydrogen-bond acceptors (Lipinski definition) is 6. The Hall–Kier alpha value is -2.78. The number of rotatable bonds is 11. The molecule has 216 valence electrons. The predicted octanol–water partition coefficient (Wildman–Crippen LogP) is 4.68. The van der Waals surface area contributed by atoms with E-state index in [1.807, 2.05) is 48.5 Å². The number of imide groups is 1. The van der Waals surface area contributed by atoms with Crippen LogP contribution in [-0.2, 0) is 27.3 Å². The molecule has 0 saturated carbocycles. The smallest absolute Gasteiger partial charge is 0.247 e. The summed E-state index contributed by atoms with van der Waals surface area (Å²) in [6.07, 6.45) is 2.53. The zero-order chi connectivity index (χ0) is 27.8. The number of carbonyl (C=O) groups is 3. The van der Waals surface area contributed by atoms with Crippen LogP contribution in [0.1, 0.15) is 50.5 Å². The highest BCUT2D eigenvalue weighted by Crippen LogP contribution is 2.25. The summed E-state index contributed by atoms with van der Waals surface area (Å²) in [5.74, 6) is -0.948. The van der Waals surface area contributed by atoms with Gasteiger partial charge in [0.1, 0.15) is 6.04 Å². The summed E-state index contributed by atoms with van der Waals surface area (Å²) in [6.45, 7) is 8.12. The average Bonchev–Trinajstić information content (AvgIpc) is 3.64. The van der Waals surface area contributed by atoms with Gasteiger partial charge < -0.3 is 16.0 Å². The molecular formula is C31H41ClN4O3S. The Morgan fingerprint density at radius 1 is 1.05 bits per heavy atom. The number of benzene rings is 2. The molecule has 40 heavy (non-hydrogen) atoms. The summed E-state index contributed by atoms with van der Waals surface area (Å²) in [6, 6.07) is 16.8. The van der Waals surface area contributed by atoms with Crippen LogP contribution >= 0.6 is 23.7 Å². The lowest BCUT2D eigenvalue weighted by Crippen LogP contribution is -2.59. The molecule has 4 rings (SSSR count). The standard InChI is InChI=1S/C31H40N4O3S.ClH/c1-31(2,3)30(38)35(29(37)26-12-6-16-33-26)27(20-22-13-14-23-9-4-5-10-24(23)19-22)28(36)34-17-8-15-32-21-25-11-7-18-39-25;/h4-5,7,9-11,13-14,18-19,26-27,32-33H,6,8,12,15-17,20-21H2,1-3H3,(H,34,36);1H/t26-,27+;/m0./s1. The molecule has 2 heterocycles. The van der Waals surface area contributed by atoms with Crippen LogP contribution in [0.4, 0.5) is 0 Å². The lowest BCUT2D eigenvalue weighted by Gasteiger charge is -2.35. The van der Waals surface area contributed by atoms with Gasteiger partial charge in [-0.05, 0) is 60.1 Å². The van der Waals surface area contributed by atoms with Crippen LogP contribution in [0.5, 0.6) is 0 Å². The fraction of sp³-hybridized carbons (Fsp3) is 0.452. The van der Waals surface area contributed by atoms with Crippen molar-refractivity contribution in [2.45, 2.75) is 65.1 Å². The van der Waals surface area contributed by atoms with E-state index in [0.29, 0.717) is 13.0 Å². The molecule has 1 saturated heterocycles. The van der Waals surface area contributed by atoms with Crippen molar-refractivity contribution < 1.29 is 14.4 Å². The number of fused-ring (bicyclic) bond motifs is 1. The molecule has 0 bridgehead atoms. The Morgan fingerprint density at radius 3 is 2.50 bits per heavy atom. The van der Waals surface area contributed by atoms with Gasteiger partial charge in [0.05, 0.1) is 6.04 Å². The molecule has 0 unspecified atom stereocenters. The molecule has 1 aromatic heterocycles. The summed E-state index contributed by atoms with van der Waals surface area (Å²) >= 11 is 1.71. The van der Waals surface area contributed by atoms with Crippen molar-refractivity contribution in [3.63, 3.8) is 0 Å². The van der Waals surface area contributed by atoms with Crippen molar-refractivity contribution in [2.75, 3.05) is 19.6 Å². The molecule has 1 aliphatic heterocycles. The van der Waals surface area contributed by atoms with E-state index >= 15 is 0 Å². The van der Waals surface area contributed by atoms with Crippen LogP contribution < -0.4 is 16.0 Å². The Bertz CT molecular complexity index is 1270.